The van der Waals surface area contributed by atoms with Crippen LogP contribution in [0.2, 0.25) is 0 Å². The molecule has 2 aliphatic rings. The fourth-order valence-corrected chi connectivity index (χ4v) is 16.5. The molecule has 534 valence electrons. The third-order valence-corrected chi connectivity index (χ3v) is 22.3. The molecular weight excluding hydrogens is 1320 g/mol. The van der Waals surface area contributed by atoms with Gasteiger partial charge in [0.1, 0.15) is 0 Å². The number of rotatable bonds is 9. The Labute approximate surface area is 662 Å². The van der Waals surface area contributed by atoms with Gasteiger partial charge >= 0.3 is 0 Å². The van der Waals surface area contributed by atoms with Gasteiger partial charge in [0, 0.05) is 83.3 Å². The molecule has 0 unspecified atom stereocenters. The van der Waals surface area contributed by atoms with Gasteiger partial charge in [0.2, 0.25) is 0 Å². The molecule has 0 radical (unpaired) electrons. The van der Waals surface area contributed by atoms with Crippen LogP contribution in [0, 0.1) is 0 Å². The van der Waals surface area contributed by atoms with Crippen LogP contribution in [0.1, 0.15) is 150 Å². The average molecular weight is 1430 g/mol. The lowest BCUT2D eigenvalue weighted by Crippen LogP contribution is -2.61. The Morgan fingerprint density at radius 1 is 0.294 bits per heavy atom. The molecule has 0 saturated carbocycles. The first kappa shape index (κ1) is 55.7. The second-order valence-electron chi connectivity index (χ2n) is 34.7. The van der Waals surface area contributed by atoms with Crippen LogP contribution in [0.15, 0.2) is 297 Å². The van der Waals surface area contributed by atoms with E-state index >= 15 is 0 Å². The third kappa shape index (κ3) is 11.7. The molecule has 3 aromatic heterocycles. The highest BCUT2D eigenvalue weighted by Gasteiger charge is 2.47. The molecule has 6 heteroatoms. The first-order chi connectivity index (χ1) is 57.6. The molecule has 0 fully saturated rings. The smallest absolute Gasteiger partial charge is 0.252 e. The van der Waals surface area contributed by atoms with Gasteiger partial charge in [-0.1, -0.05) is 298 Å². The fraction of sp³-hybridized carbons (Fsp3) is 0.194. The SMILES string of the molecule is [2H]c1c([2H])c([2H])c(-c2ccc3c(c2)N(c2c(-c4ccccc4)cc(C(C)(C)C)cc2-c2cccc(C(C)(C)C)n2)c2cc(-n4c5c([2H])c([2H])c([2H])c([2H])c5c5c([2H])c([2H])c([2H])c([2H])c54)cc4c2B3c2ccc(-n3c5ccc(C(C)(C)C)cc5c5cc(C(C)(C)C)ccc53)cc2N4c2c(-c3ccccc3)cc(C(C)(C)C)cc2-c2ccccc2)c([2H])c1[2H]. The van der Waals surface area contributed by atoms with Gasteiger partial charge in [0.05, 0.1) is 62.6 Å². The van der Waals surface area contributed by atoms with E-state index in [9.17, 15) is 16.4 Å². The Bertz CT molecular complexity index is 6900. The highest BCUT2D eigenvalue weighted by molar-refractivity contribution is 7.00. The summed E-state index contributed by atoms with van der Waals surface area (Å²) in [6.45, 7) is 32.3. The minimum atomic E-state index is -0.765. The zero-order chi connectivity index (χ0) is 86.7. The third-order valence-electron chi connectivity index (χ3n) is 22.3. The topological polar surface area (TPSA) is 29.2 Å². The number of para-hydroxylation sites is 2. The van der Waals surface area contributed by atoms with Crippen LogP contribution in [-0.4, -0.2) is 20.8 Å². The van der Waals surface area contributed by atoms with E-state index in [0.717, 1.165) is 105 Å². The minimum absolute atomic E-state index is 0.0190. The number of anilines is 6. The Balaban J connectivity index is 1.12. The van der Waals surface area contributed by atoms with Gasteiger partial charge in [-0.2, -0.15) is 0 Å². The molecule has 0 bridgehead atoms. The second-order valence-corrected chi connectivity index (χ2v) is 34.7. The van der Waals surface area contributed by atoms with E-state index < -0.39 is 102 Å². The van der Waals surface area contributed by atoms with Crippen molar-refractivity contribution in [1.82, 2.24) is 14.1 Å². The van der Waals surface area contributed by atoms with Crippen LogP contribution >= 0.6 is 0 Å². The maximum absolute atomic E-state index is 10.3. The fourth-order valence-electron chi connectivity index (χ4n) is 16.5. The Morgan fingerprint density at radius 2 is 0.716 bits per heavy atom. The summed E-state index contributed by atoms with van der Waals surface area (Å²) >= 11 is 0. The van der Waals surface area contributed by atoms with E-state index in [0.29, 0.717) is 39.6 Å². The zero-order valence-electron chi connectivity index (χ0n) is 77.6. The second kappa shape index (κ2) is 25.5. The molecule has 109 heavy (non-hydrogen) atoms. The molecule has 2 aliphatic heterocycles. The number of nitrogens with zero attached hydrogens (tertiary/aromatic N) is 5. The molecule has 0 atom stereocenters. The molecule has 5 heterocycles. The van der Waals surface area contributed by atoms with Crippen molar-refractivity contribution in [3.05, 3.63) is 325 Å². The normalized spacial score (nSPS) is 14.9. The van der Waals surface area contributed by atoms with Crippen LogP contribution < -0.4 is 26.2 Å². The first-order valence-electron chi connectivity index (χ1n) is 44.4. The van der Waals surface area contributed by atoms with E-state index in [1.807, 2.05) is 72.8 Å². The molecular formula is C103H94BN5. The summed E-state index contributed by atoms with van der Waals surface area (Å²) in [4.78, 5) is 10.3. The van der Waals surface area contributed by atoms with Crippen molar-refractivity contribution in [3.8, 4) is 67.1 Å². The van der Waals surface area contributed by atoms with E-state index in [4.69, 9.17) is 6.35 Å². The van der Waals surface area contributed by atoms with E-state index in [1.165, 1.54) is 11.1 Å². The number of hydrogen-bond acceptors (Lipinski definition) is 3. The number of benzene rings is 13. The van der Waals surface area contributed by atoms with Gasteiger partial charge in [-0.15, -0.1) is 0 Å². The van der Waals surface area contributed by atoms with E-state index in [-0.39, 0.29) is 43.9 Å². The van der Waals surface area contributed by atoms with Crippen LogP contribution in [-0.2, 0) is 27.1 Å². The molecule has 18 rings (SSSR count). The summed E-state index contributed by atoms with van der Waals surface area (Å²) in [5.41, 5.74) is 19.4. The zero-order valence-corrected chi connectivity index (χ0v) is 64.6. The maximum atomic E-state index is 10.3. The van der Waals surface area contributed by atoms with Crippen molar-refractivity contribution in [2.75, 3.05) is 9.80 Å². The number of hydrogen-bond donors (Lipinski definition) is 0. The molecule has 5 nitrogen and oxygen atoms in total. The lowest BCUT2D eigenvalue weighted by atomic mass is 9.33. The lowest BCUT2D eigenvalue weighted by molar-refractivity contribution is 0.569. The van der Waals surface area contributed by atoms with Crippen LogP contribution in [0.4, 0.5) is 34.1 Å². The Hall–Kier alpha value is -11.7. The molecule has 16 aromatic rings. The Kier molecular flexibility index (Phi) is 13.0. The van der Waals surface area contributed by atoms with E-state index in [2.05, 4.69) is 264 Å². The maximum Gasteiger partial charge on any atom is 0.252 e. The number of aromatic nitrogens is 3. The minimum Gasteiger partial charge on any atom is -0.310 e. The summed E-state index contributed by atoms with van der Waals surface area (Å²) < 4.78 is 130. The van der Waals surface area contributed by atoms with Crippen molar-refractivity contribution in [2.45, 2.75) is 131 Å². The lowest BCUT2D eigenvalue weighted by Gasteiger charge is -2.46. The van der Waals surface area contributed by atoms with Crippen LogP contribution in [0.3, 0.4) is 0 Å². The van der Waals surface area contributed by atoms with Crippen molar-refractivity contribution in [1.29, 1.82) is 0 Å². The van der Waals surface area contributed by atoms with Gasteiger partial charge in [0.25, 0.3) is 6.71 Å². The van der Waals surface area contributed by atoms with Crippen molar-refractivity contribution in [3.63, 3.8) is 0 Å². The molecule has 0 saturated heterocycles. The van der Waals surface area contributed by atoms with Crippen LogP contribution in [0.25, 0.3) is 111 Å². The standard InChI is InChI=1S/C103H94BN5/c1-99(2,3)70-48-53-89-81(56-70)82-57-71(100(4,5)6)49-54-90(82)106(89)74-50-52-85-92(62-74)109(97-78(66-35-22-17-23-36-66)58-72(101(7,8)9)59-79(97)67-37-24-18-25-38-67)94-64-75(107-87-44-30-28-41-76(87)77-42-29-31-45-88(77)107)63-93-96(94)104(85)84-51-47-69(65-33-20-16-21-34-65)55-91(84)108(93)98-80(68-39-26-19-27-40-68)60-73(102(10,11)12)61-83(98)86-43-32-46-95(105-86)103(13,14)15/h16-64H,1-15H3/i16D,20D,21D,28D,29D,30D,31D,33D,34D,41D,42D,44D,45D. The molecule has 13 aromatic carbocycles. The summed E-state index contributed by atoms with van der Waals surface area (Å²) in [5.74, 6) is 0. The van der Waals surface area contributed by atoms with E-state index in [1.54, 1.807) is 4.57 Å². The van der Waals surface area contributed by atoms with Crippen molar-refractivity contribution in [2.24, 2.45) is 0 Å². The Morgan fingerprint density at radius 3 is 1.19 bits per heavy atom. The highest BCUT2D eigenvalue weighted by Crippen LogP contribution is 2.56. The summed E-state index contributed by atoms with van der Waals surface area (Å²) in [6, 6.07) is 70.1. The number of pyridine rings is 1. The molecule has 0 amide bonds. The summed E-state index contributed by atoms with van der Waals surface area (Å²) in [7, 11) is 0. The molecule has 0 spiro atoms. The predicted molar refractivity (Wildman–Crippen MR) is 468 cm³/mol. The number of fused-ring (bicyclic) bond motifs is 10. The van der Waals surface area contributed by atoms with Crippen molar-refractivity contribution < 1.29 is 17.8 Å². The summed E-state index contributed by atoms with van der Waals surface area (Å²) in [6.07, 6.45) is 0. The largest absolute Gasteiger partial charge is 0.310 e. The predicted octanol–water partition coefficient (Wildman–Crippen LogP) is 26.2. The summed E-state index contributed by atoms with van der Waals surface area (Å²) in [5, 5.41) is 1.99. The van der Waals surface area contributed by atoms with Gasteiger partial charge < -0.3 is 18.9 Å². The van der Waals surface area contributed by atoms with Gasteiger partial charge in [-0.25, -0.2) is 0 Å². The van der Waals surface area contributed by atoms with Crippen molar-refractivity contribution >= 4 is 101 Å². The van der Waals surface area contributed by atoms with Gasteiger partial charge in [-0.3, -0.25) is 4.98 Å². The van der Waals surface area contributed by atoms with Gasteiger partial charge in [0.15, 0.2) is 0 Å². The quantitative estimate of drug-likeness (QED) is 0.135. The van der Waals surface area contributed by atoms with Gasteiger partial charge in [-0.05, 0) is 191 Å². The monoisotopic (exact) mass is 1420 g/mol. The molecule has 0 aliphatic carbocycles. The molecule has 0 N–H and O–H groups in total. The highest BCUT2D eigenvalue weighted by atomic mass is 15.2. The first-order valence-corrected chi connectivity index (χ1v) is 37.9. The average Bonchev–Trinajstić information content (AvgIpc) is 1.12. The van der Waals surface area contributed by atoms with Crippen LogP contribution in [0.5, 0.6) is 0 Å².